The molecule has 0 spiro atoms. The second-order valence-electron chi connectivity index (χ2n) is 7.22. The summed E-state index contributed by atoms with van der Waals surface area (Å²) in [6.07, 6.45) is 0.000702. The van der Waals surface area contributed by atoms with Crippen molar-refractivity contribution in [2.24, 2.45) is 0 Å². The molecule has 0 bridgehead atoms. The van der Waals surface area contributed by atoms with Gasteiger partial charge in [0.1, 0.15) is 12.4 Å². The molecule has 0 aliphatic heterocycles. The van der Waals surface area contributed by atoms with Crippen LogP contribution in [0.3, 0.4) is 0 Å². The summed E-state index contributed by atoms with van der Waals surface area (Å²) in [5.41, 5.74) is 5.96. The monoisotopic (exact) mass is 399 g/mol. The Bertz CT molecular complexity index is 1100. The lowest BCUT2D eigenvalue weighted by molar-refractivity contribution is 0.143. The number of carbonyl (C=O) groups is 1. The average molecular weight is 399 g/mol. The number of hydrogen-bond acceptors (Lipinski definition) is 2. The highest BCUT2D eigenvalue weighted by molar-refractivity contribution is 5.79. The number of alkyl carbamates (subject to hydrolysis) is 1. The van der Waals surface area contributed by atoms with Crippen molar-refractivity contribution in [2.75, 3.05) is 13.2 Å². The third-order valence-corrected chi connectivity index (χ3v) is 5.35. The van der Waals surface area contributed by atoms with E-state index in [1.54, 1.807) is 19.1 Å². The van der Waals surface area contributed by atoms with Gasteiger partial charge in [0, 0.05) is 30.0 Å². The standard InChI is InChI=1S/C26H22FNO2/c1-18-19(10-8-15-25(18)27)9-6-7-16-28-26(29)30-17-24-22-13-4-2-11-20(22)21-12-3-5-14-23(21)24/h2-5,8,10-15,24H,7,16-17H2,1H3,(H,28,29). The molecule has 30 heavy (non-hydrogen) atoms. The fraction of sp³-hybridized carbons (Fsp3) is 0.192. The zero-order chi connectivity index (χ0) is 20.9. The summed E-state index contributed by atoms with van der Waals surface area (Å²) in [6, 6.07) is 21.3. The van der Waals surface area contributed by atoms with Gasteiger partial charge >= 0.3 is 6.09 Å². The van der Waals surface area contributed by atoms with Crippen molar-refractivity contribution in [3.63, 3.8) is 0 Å². The molecule has 0 saturated heterocycles. The minimum Gasteiger partial charge on any atom is -0.449 e. The second-order valence-corrected chi connectivity index (χ2v) is 7.22. The molecule has 0 fully saturated rings. The first-order chi connectivity index (χ1) is 14.6. The van der Waals surface area contributed by atoms with Gasteiger partial charge in [-0.15, -0.1) is 0 Å². The van der Waals surface area contributed by atoms with E-state index < -0.39 is 6.09 Å². The number of amides is 1. The van der Waals surface area contributed by atoms with Crippen molar-refractivity contribution in [3.8, 4) is 23.0 Å². The van der Waals surface area contributed by atoms with Crippen LogP contribution < -0.4 is 5.32 Å². The molecule has 0 unspecified atom stereocenters. The Labute approximate surface area is 175 Å². The highest BCUT2D eigenvalue weighted by Gasteiger charge is 2.28. The molecule has 3 aromatic carbocycles. The largest absolute Gasteiger partial charge is 0.449 e. The molecule has 1 N–H and O–H groups in total. The maximum absolute atomic E-state index is 13.5. The molecule has 1 amide bonds. The number of hydrogen-bond donors (Lipinski definition) is 1. The number of ether oxygens (including phenoxy) is 1. The number of halogens is 1. The van der Waals surface area contributed by atoms with E-state index in [1.165, 1.54) is 28.3 Å². The van der Waals surface area contributed by atoms with Crippen LogP contribution in [0.5, 0.6) is 0 Å². The zero-order valence-corrected chi connectivity index (χ0v) is 16.7. The molecule has 1 aliphatic rings. The van der Waals surface area contributed by atoms with E-state index in [4.69, 9.17) is 4.74 Å². The van der Waals surface area contributed by atoms with E-state index in [1.807, 2.05) is 24.3 Å². The summed E-state index contributed by atoms with van der Waals surface area (Å²) in [4.78, 5) is 12.1. The predicted octanol–water partition coefficient (Wildman–Crippen LogP) is 5.41. The van der Waals surface area contributed by atoms with Crippen LogP contribution in [0.15, 0.2) is 66.7 Å². The second kappa shape index (κ2) is 8.84. The fourth-order valence-corrected chi connectivity index (χ4v) is 3.78. The third-order valence-electron chi connectivity index (χ3n) is 5.35. The van der Waals surface area contributed by atoms with Crippen LogP contribution in [0.25, 0.3) is 11.1 Å². The van der Waals surface area contributed by atoms with Crippen LogP contribution in [0.1, 0.15) is 34.6 Å². The van der Waals surface area contributed by atoms with Gasteiger partial charge in [-0.3, -0.25) is 0 Å². The Morgan fingerprint density at radius 3 is 2.37 bits per heavy atom. The van der Waals surface area contributed by atoms with Crippen LogP contribution >= 0.6 is 0 Å². The van der Waals surface area contributed by atoms with E-state index in [9.17, 15) is 9.18 Å². The van der Waals surface area contributed by atoms with Gasteiger partial charge in [0.2, 0.25) is 0 Å². The molecule has 0 atom stereocenters. The van der Waals surface area contributed by atoms with Gasteiger partial charge in [-0.1, -0.05) is 66.4 Å². The number of carbonyl (C=O) groups excluding carboxylic acids is 1. The quantitative estimate of drug-likeness (QED) is 0.470. The molecular weight excluding hydrogens is 377 g/mol. The van der Waals surface area contributed by atoms with E-state index in [0.29, 0.717) is 24.1 Å². The van der Waals surface area contributed by atoms with Gasteiger partial charge in [-0.2, -0.15) is 0 Å². The molecular formula is C26H22FNO2. The Morgan fingerprint density at radius 2 is 1.67 bits per heavy atom. The molecule has 0 heterocycles. The number of rotatable bonds is 4. The lowest BCUT2D eigenvalue weighted by Crippen LogP contribution is -2.26. The summed E-state index contributed by atoms with van der Waals surface area (Å²) in [7, 11) is 0. The number of benzene rings is 3. The summed E-state index contributed by atoms with van der Waals surface area (Å²) in [6.45, 7) is 2.36. The van der Waals surface area contributed by atoms with E-state index >= 15 is 0 Å². The number of nitrogens with one attached hydrogen (secondary N) is 1. The fourth-order valence-electron chi connectivity index (χ4n) is 3.78. The Balaban J connectivity index is 1.30. The van der Waals surface area contributed by atoms with Gasteiger partial charge in [-0.05, 0) is 41.3 Å². The lowest BCUT2D eigenvalue weighted by Gasteiger charge is -2.14. The van der Waals surface area contributed by atoms with Gasteiger partial charge in [0.05, 0.1) is 0 Å². The Hall–Kier alpha value is -3.58. The molecule has 0 saturated carbocycles. The SMILES string of the molecule is Cc1c(F)cccc1C#CCCNC(=O)OCC1c2ccccc2-c2ccccc21. The average Bonchev–Trinajstić information content (AvgIpc) is 3.09. The normalized spacial score (nSPS) is 11.8. The van der Waals surface area contributed by atoms with Gasteiger partial charge < -0.3 is 10.1 Å². The molecule has 0 radical (unpaired) electrons. The summed E-state index contributed by atoms with van der Waals surface area (Å²) < 4.78 is 19.0. The van der Waals surface area contributed by atoms with Gasteiger partial charge in [0.25, 0.3) is 0 Å². The van der Waals surface area contributed by atoms with Crippen molar-refractivity contribution >= 4 is 6.09 Å². The molecule has 4 heteroatoms. The Morgan fingerprint density at radius 1 is 1.00 bits per heavy atom. The molecule has 150 valence electrons. The van der Waals surface area contributed by atoms with Crippen molar-refractivity contribution < 1.29 is 13.9 Å². The summed E-state index contributed by atoms with van der Waals surface area (Å²) >= 11 is 0. The topological polar surface area (TPSA) is 38.3 Å². The van der Waals surface area contributed by atoms with E-state index in [0.717, 1.165) is 0 Å². The van der Waals surface area contributed by atoms with Crippen LogP contribution in [-0.2, 0) is 4.74 Å². The first-order valence-corrected chi connectivity index (χ1v) is 9.98. The van der Waals surface area contributed by atoms with Gasteiger partial charge in [0.15, 0.2) is 0 Å². The van der Waals surface area contributed by atoms with Crippen LogP contribution in [0.2, 0.25) is 0 Å². The Kier molecular flexibility index (Phi) is 5.81. The van der Waals surface area contributed by atoms with Crippen molar-refractivity contribution in [2.45, 2.75) is 19.3 Å². The predicted molar refractivity (Wildman–Crippen MR) is 116 cm³/mol. The first kappa shape index (κ1) is 19.7. The minimum absolute atomic E-state index is 0.0406. The molecule has 4 rings (SSSR count). The van der Waals surface area contributed by atoms with Crippen LogP contribution in [0, 0.1) is 24.6 Å². The molecule has 3 aromatic rings. The van der Waals surface area contributed by atoms with Crippen molar-refractivity contribution in [3.05, 3.63) is 94.8 Å². The van der Waals surface area contributed by atoms with Crippen LogP contribution in [-0.4, -0.2) is 19.2 Å². The van der Waals surface area contributed by atoms with Gasteiger partial charge in [-0.25, -0.2) is 9.18 Å². The first-order valence-electron chi connectivity index (χ1n) is 9.98. The molecule has 3 nitrogen and oxygen atoms in total. The maximum atomic E-state index is 13.5. The smallest absolute Gasteiger partial charge is 0.407 e. The third kappa shape index (κ3) is 4.06. The van der Waals surface area contributed by atoms with Crippen LogP contribution in [0.4, 0.5) is 9.18 Å². The van der Waals surface area contributed by atoms with Crippen molar-refractivity contribution in [1.29, 1.82) is 0 Å². The maximum Gasteiger partial charge on any atom is 0.407 e. The lowest BCUT2D eigenvalue weighted by atomic mass is 9.98. The number of fused-ring (bicyclic) bond motifs is 3. The van der Waals surface area contributed by atoms with Crippen molar-refractivity contribution in [1.82, 2.24) is 5.32 Å². The highest BCUT2D eigenvalue weighted by Crippen LogP contribution is 2.44. The zero-order valence-electron chi connectivity index (χ0n) is 16.7. The van der Waals surface area contributed by atoms with E-state index in [-0.39, 0.29) is 18.3 Å². The minimum atomic E-state index is -0.458. The molecule has 0 aromatic heterocycles. The summed E-state index contributed by atoms with van der Waals surface area (Å²) in [5.74, 6) is 5.68. The van der Waals surface area contributed by atoms with E-state index in [2.05, 4.69) is 41.4 Å². The molecule has 1 aliphatic carbocycles. The highest BCUT2D eigenvalue weighted by atomic mass is 19.1. The summed E-state index contributed by atoms with van der Waals surface area (Å²) in [5, 5.41) is 2.73.